The number of benzene rings is 2. The molecule has 6 nitrogen and oxygen atoms in total. The first kappa shape index (κ1) is 40.3. The van der Waals surface area contributed by atoms with Crippen molar-refractivity contribution < 1.29 is 9.90 Å². The molecule has 2 N–H and O–H groups in total. The maximum absolute atomic E-state index is 11.6. The zero-order valence-corrected chi connectivity index (χ0v) is 36.4. The van der Waals surface area contributed by atoms with Gasteiger partial charge in [-0.2, -0.15) is 4.37 Å². The fraction of sp³-hybridized carbons (Fsp3) is 0.667. The number of aliphatic hydroxyl groups is 1. The number of aliphatic hydroxyl groups excluding tert-OH is 1. The average molecular weight is 800 g/mol. The molecule has 3 aromatic rings. The molecule has 3 saturated carbocycles. The highest BCUT2D eigenvalue weighted by molar-refractivity contribution is 7.13. The lowest BCUT2D eigenvalue weighted by Gasteiger charge is -2.58. The molecule has 1 aromatic heterocycles. The Morgan fingerprint density at radius 1 is 1.00 bits per heavy atom. The fourth-order valence-corrected chi connectivity index (χ4v) is 13.8. The molecule has 304 valence electrons. The molecule has 0 unspecified atom stereocenters. The first-order valence-corrected chi connectivity index (χ1v) is 23.4. The summed E-state index contributed by atoms with van der Waals surface area (Å²) in [4.78, 5) is 16.4. The van der Waals surface area contributed by atoms with Crippen LogP contribution in [0.4, 0.5) is 11.5 Å². The molecule has 0 spiro atoms. The number of carbonyl (C=O) groups excluding carboxylic acids is 1. The molecule has 1 amide bonds. The van der Waals surface area contributed by atoms with Crippen LogP contribution in [0.3, 0.4) is 0 Å². The minimum Gasteiger partial charge on any atom is -0.393 e. The van der Waals surface area contributed by atoms with E-state index in [-0.39, 0.29) is 12.0 Å². The first-order chi connectivity index (χ1) is 26.9. The normalized spacial score (nSPS) is 31.9. The fourth-order valence-electron chi connectivity index (χ4n) is 12.7. The lowest BCUT2D eigenvalue weighted by atomic mass is 9.47. The van der Waals surface area contributed by atoms with E-state index in [0.29, 0.717) is 17.3 Å². The van der Waals surface area contributed by atoms with Crippen molar-refractivity contribution >= 4 is 50.6 Å². The Bertz CT molecular complexity index is 1900. The van der Waals surface area contributed by atoms with Crippen molar-refractivity contribution in [3.05, 3.63) is 64.2 Å². The van der Waals surface area contributed by atoms with Gasteiger partial charge < -0.3 is 15.3 Å². The van der Waals surface area contributed by atoms with Crippen LogP contribution in [-0.4, -0.2) is 59.1 Å². The molecule has 4 fully saturated rings. The predicted molar refractivity (Wildman–Crippen MR) is 235 cm³/mol. The number of anilines is 2. The van der Waals surface area contributed by atoms with Crippen LogP contribution in [0.25, 0.3) is 10.1 Å². The highest BCUT2D eigenvalue weighted by Crippen LogP contribution is 2.67. The van der Waals surface area contributed by atoms with Crippen LogP contribution in [0.1, 0.15) is 116 Å². The van der Waals surface area contributed by atoms with Crippen molar-refractivity contribution in [3.8, 4) is 0 Å². The van der Waals surface area contributed by atoms with Gasteiger partial charge in [-0.25, -0.2) is 0 Å². The topological polar surface area (TPSA) is 68.7 Å². The van der Waals surface area contributed by atoms with Crippen molar-refractivity contribution in [3.63, 3.8) is 0 Å². The molecular formula is C48H67ClN4O2S. The number of amides is 1. The number of hydrogen-bond acceptors (Lipinski definition) is 6. The van der Waals surface area contributed by atoms with E-state index in [4.69, 9.17) is 11.6 Å². The number of piperazine rings is 1. The summed E-state index contributed by atoms with van der Waals surface area (Å²) < 4.78 is 5.94. The van der Waals surface area contributed by atoms with Crippen LogP contribution in [-0.2, 0) is 17.6 Å². The lowest BCUT2D eigenvalue weighted by molar-refractivity contribution is -0.115. The average Bonchev–Trinajstić information content (AvgIpc) is 3.88. The Hall–Kier alpha value is -2.45. The van der Waals surface area contributed by atoms with Crippen LogP contribution >= 0.6 is 23.1 Å². The quantitative estimate of drug-likeness (QED) is 0.211. The van der Waals surface area contributed by atoms with E-state index < -0.39 is 0 Å². The van der Waals surface area contributed by atoms with Gasteiger partial charge in [0.15, 0.2) is 0 Å². The standard InChI is InChI=1S/C27H46O.C21H21ClN4OS/c1-18(2)7-6-8-19(3)23-11-12-24-22-10-9-20-17-21(28)13-15-26(20,4)25(22)14-16-27(23,24)5;22-17-13-18-15(12-20(27)23-18)11-14(17)5-6-25-7-9-26(10-8-25)21-16-3-1-2-4-19(16)28-24-21/h9,18-19,21-25,28H,6-8,10-17H2,1-5H3;1-4,11,13H,5-10,12H2,(H,23,27)/t19-,21+,22+,23-,24+,25+,26+,27-;/m1./s1. The Labute approximate surface area is 346 Å². The smallest absolute Gasteiger partial charge is 0.228 e. The van der Waals surface area contributed by atoms with Gasteiger partial charge in [0.1, 0.15) is 5.82 Å². The number of nitrogens with one attached hydrogen (secondary N) is 1. The molecule has 6 aliphatic rings. The first-order valence-electron chi connectivity index (χ1n) is 22.2. The summed E-state index contributed by atoms with van der Waals surface area (Å²) in [6.45, 7) is 17.6. The Balaban J connectivity index is 0.000000157. The number of carbonyl (C=O) groups is 1. The third-order valence-corrected chi connectivity index (χ3v) is 17.1. The maximum atomic E-state index is 11.6. The summed E-state index contributed by atoms with van der Waals surface area (Å²) in [6, 6.07) is 12.4. The number of hydrogen-bond donors (Lipinski definition) is 2. The van der Waals surface area contributed by atoms with Gasteiger partial charge in [-0.1, -0.05) is 95.3 Å². The van der Waals surface area contributed by atoms with Crippen LogP contribution < -0.4 is 10.2 Å². The van der Waals surface area contributed by atoms with Gasteiger partial charge in [0.05, 0.1) is 17.2 Å². The van der Waals surface area contributed by atoms with Gasteiger partial charge >= 0.3 is 0 Å². The predicted octanol–water partition coefficient (Wildman–Crippen LogP) is 11.2. The SMILES string of the molecule is CC(C)CCC[C@@H](C)[C@H]1CC[C@H]2[C@@H]3CC=C4C[C@@H](O)CC[C@]4(C)[C@H]3CC[C@]12C.O=C1Cc2cc(CCN3CCN(c4nsc5ccccc45)CC3)c(Cl)cc2N1. The number of allylic oxidation sites excluding steroid dienone is 1. The molecule has 4 aliphatic carbocycles. The number of nitrogens with zero attached hydrogens (tertiary/aromatic N) is 3. The second kappa shape index (κ2) is 16.7. The summed E-state index contributed by atoms with van der Waals surface area (Å²) in [6.07, 6.45) is 18.5. The van der Waals surface area contributed by atoms with Gasteiger partial charge in [-0.15, -0.1) is 0 Å². The van der Waals surface area contributed by atoms with Crippen LogP contribution in [0, 0.1) is 46.3 Å². The Kier molecular flexibility index (Phi) is 12.0. The van der Waals surface area contributed by atoms with E-state index in [9.17, 15) is 9.90 Å². The molecule has 1 saturated heterocycles. The van der Waals surface area contributed by atoms with Gasteiger partial charge in [0.25, 0.3) is 0 Å². The Morgan fingerprint density at radius 2 is 1.80 bits per heavy atom. The van der Waals surface area contributed by atoms with E-state index >= 15 is 0 Å². The van der Waals surface area contributed by atoms with Crippen molar-refractivity contribution in [1.29, 1.82) is 0 Å². The van der Waals surface area contributed by atoms with Gasteiger partial charge in [0.2, 0.25) is 5.91 Å². The number of halogens is 1. The van der Waals surface area contributed by atoms with Crippen molar-refractivity contribution in [1.82, 2.24) is 9.27 Å². The molecule has 8 heteroatoms. The summed E-state index contributed by atoms with van der Waals surface area (Å²) in [5, 5.41) is 15.1. The second-order valence-corrected chi connectivity index (χ2v) is 20.8. The lowest BCUT2D eigenvalue weighted by Crippen LogP contribution is -2.50. The van der Waals surface area contributed by atoms with E-state index in [2.05, 4.69) is 90.5 Å². The molecule has 8 atom stereocenters. The third-order valence-electron chi connectivity index (χ3n) is 15.9. The number of fused-ring (bicyclic) bond motifs is 7. The van der Waals surface area contributed by atoms with Gasteiger partial charge in [0, 0.05) is 48.8 Å². The molecule has 2 aliphatic heterocycles. The molecule has 2 aromatic carbocycles. The molecule has 9 rings (SSSR count). The monoisotopic (exact) mass is 798 g/mol. The van der Waals surface area contributed by atoms with Crippen molar-refractivity contribution in [2.45, 2.75) is 124 Å². The van der Waals surface area contributed by atoms with Crippen LogP contribution in [0.5, 0.6) is 0 Å². The van der Waals surface area contributed by atoms with E-state index in [1.54, 1.807) is 17.1 Å². The van der Waals surface area contributed by atoms with Crippen LogP contribution in [0.15, 0.2) is 48.0 Å². The largest absolute Gasteiger partial charge is 0.393 e. The van der Waals surface area contributed by atoms with E-state index in [0.717, 1.165) is 115 Å². The number of rotatable bonds is 9. The highest BCUT2D eigenvalue weighted by atomic mass is 35.5. The molecular weight excluding hydrogens is 732 g/mol. The van der Waals surface area contributed by atoms with Crippen LogP contribution in [0.2, 0.25) is 5.02 Å². The van der Waals surface area contributed by atoms with Gasteiger partial charge in [-0.3, -0.25) is 9.69 Å². The van der Waals surface area contributed by atoms with Crippen molar-refractivity contribution in [2.24, 2.45) is 46.3 Å². The summed E-state index contributed by atoms with van der Waals surface area (Å²) in [5.41, 5.74) is 5.66. The van der Waals surface area contributed by atoms with E-state index in [1.807, 2.05) is 6.07 Å². The Morgan fingerprint density at radius 3 is 2.61 bits per heavy atom. The third kappa shape index (κ3) is 7.97. The second-order valence-electron chi connectivity index (χ2n) is 19.6. The highest BCUT2D eigenvalue weighted by Gasteiger charge is 2.59. The summed E-state index contributed by atoms with van der Waals surface area (Å²) >= 11 is 8.01. The van der Waals surface area contributed by atoms with Gasteiger partial charge in [-0.05, 0) is 145 Å². The molecule has 56 heavy (non-hydrogen) atoms. The summed E-state index contributed by atoms with van der Waals surface area (Å²) in [5.74, 6) is 6.63. The molecule has 0 radical (unpaired) electrons. The molecule has 3 heterocycles. The zero-order chi connectivity index (χ0) is 39.2. The minimum atomic E-state index is -0.0766. The maximum Gasteiger partial charge on any atom is 0.228 e. The summed E-state index contributed by atoms with van der Waals surface area (Å²) in [7, 11) is 0. The van der Waals surface area contributed by atoms with E-state index in [1.165, 1.54) is 67.9 Å². The molecule has 0 bridgehead atoms. The number of aromatic nitrogens is 1. The van der Waals surface area contributed by atoms with Crippen molar-refractivity contribution in [2.75, 3.05) is 42.9 Å². The minimum absolute atomic E-state index is 0.0499. The zero-order valence-electron chi connectivity index (χ0n) is 34.8.